The van der Waals surface area contributed by atoms with E-state index in [9.17, 15) is 14.7 Å². The first-order chi connectivity index (χ1) is 11.9. The zero-order chi connectivity index (χ0) is 18.4. The second-order valence-electron chi connectivity index (χ2n) is 5.78. The van der Waals surface area contributed by atoms with Crippen molar-refractivity contribution in [2.75, 3.05) is 14.2 Å². The summed E-state index contributed by atoms with van der Waals surface area (Å²) >= 11 is 0. The molecule has 2 rings (SSSR count). The van der Waals surface area contributed by atoms with Crippen LogP contribution in [0.1, 0.15) is 31.4 Å². The molecule has 0 fully saturated rings. The van der Waals surface area contributed by atoms with E-state index in [0.29, 0.717) is 47.5 Å². The molecule has 0 saturated heterocycles. The van der Waals surface area contributed by atoms with Crippen molar-refractivity contribution in [3.05, 3.63) is 34.2 Å². The van der Waals surface area contributed by atoms with Gasteiger partial charge in [0.05, 0.1) is 20.3 Å². The number of rotatable bonds is 9. The molecule has 0 aliphatic carbocycles. The van der Waals surface area contributed by atoms with Gasteiger partial charge in [0.15, 0.2) is 5.43 Å². The summed E-state index contributed by atoms with van der Waals surface area (Å²) < 4.78 is 16.1. The van der Waals surface area contributed by atoms with E-state index in [0.717, 1.165) is 0 Å². The third-order valence-corrected chi connectivity index (χ3v) is 3.89. The lowest BCUT2D eigenvalue weighted by atomic mass is 10.1. The number of benzene rings is 1. The molecule has 7 heteroatoms. The molecular weight excluding hydrogens is 328 g/mol. The minimum absolute atomic E-state index is 0.0807. The molecule has 1 heterocycles. The zero-order valence-electron chi connectivity index (χ0n) is 14.3. The van der Waals surface area contributed by atoms with Crippen LogP contribution in [0.3, 0.4) is 0 Å². The molecule has 0 radical (unpaired) electrons. The van der Waals surface area contributed by atoms with E-state index in [-0.39, 0.29) is 18.3 Å². The predicted octanol–water partition coefficient (Wildman–Crippen LogP) is 2.36. The molecule has 2 aromatic rings. The van der Waals surface area contributed by atoms with Crippen LogP contribution in [0.25, 0.3) is 11.0 Å². The number of methoxy groups -OCH3 is 2. The third kappa shape index (κ3) is 4.96. The molecule has 25 heavy (non-hydrogen) atoms. The zero-order valence-corrected chi connectivity index (χ0v) is 14.3. The summed E-state index contributed by atoms with van der Waals surface area (Å²) in [6.07, 6.45) is 1.09. The van der Waals surface area contributed by atoms with Gasteiger partial charge in [-0.05, 0) is 12.8 Å². The summed E-state index contributed by atoms with van der Waals surface area (Å²) in [6, 6.07) is 4.55. The number of fused-ring (bicyclic) bond motifs is 1. The highest BCUT2D eigenvalue weighted by Crippen LogP contribution is 2.29. The summed E-state index contributed by atoms with van der Waals surface area (Å²) in [6.45, 7) is 0. The van der Waals surface area contributed by atoms with Crippen LogP contribution in [0.4, 0.5) is 0 Å². The molecule has 1 atom stereocenters. The summed E-state index contributed by atoms with van der Waals surface area (Å²) in [5.74, 6) is 0.374. The molecule has 0 bridgehead atoms. The summed E-state index contributed by atoms with van der Waals surface area (Å²) in [7, 11) is 2.96. The van der Waals surface area contributed by atoms with Crippen molar-refractivity contribution >= 4 is 16.9 Å². The standard InChI is InChI=1S/C18H22O7/c1-23-12-9-15(24-2)18-14(20)8-13(25-16(18)10-12)7-11(19)5-3-4-6-17(21)22/h8-11,19H,3-7H2,1-2H3,(H,21,22). The lowest BCUT2D eigenvalue weighted by Gasteiger charge is -2.11. The van der Waals surface area contributed by atoms with Gasteiger partial charge >= 0.3 is 5.97 Å². The van der Waals surface area contributed by atoms with E-state index in [2.05, 4.69) is 0 Å². The molecule has 1 aromatic heterocycles. The fourth-order valence-electron chi connectivity index (χ4n) is 2.65. The number of aliphatic hydroxyl groups is 1. The molecule has 2 N–H and O–H groups in total. The Labute approximate surface area is 144 Å². The second kappa shape index (κ2) is 8.53. The van der Waals surface area contributed by atoms with Crippen LogP contribution in [-0.2, 0) is 11.2 Å². The van der Waals surface area contributed by atoms with E-state index in [4.69, 9.17) is 19.0 Å². The number of hydrogen-bond donors (Lipinski definition) is 2. The van der Waals surface area contributed by atoms with Crippen molar-refractivity contribution in [1.82, 2.24) is 0 Å². The number of carboxylic acid groups (broad SMARTS) is 1. The average Bonchev–Trinajstić information content (AvgIpc) is 2.57. The minimum Gasteiger partial charge on any atom is -0.496 e. The van der Waals surface area contributed by atoms with Crippen LogP contribution in [0.2, 0.25) is 0 Å². The Morgan fingerprint density at radius 2 is 1.96 bits per heavy atom. The molecule has 0 saturated carbocycles. The van der Waals surface area contributed by atoms with E-state index >= 15 is 0 Å². The van der Waals surface area contributed by atoms with Crippen molar-refractivity contribution in [1.29, 1.82) is 0 Å². The van der Waals surface area contributed by atoms with Crippen LogP contribution in [0.5, 0.6) is 11.5 Å². The number of aliphatic hydroxyl groups excluding tert-OH is 1. The molecule has 0 spiro atoms. The van der Waals surface area contributed by atoms with Gasteiger partial charge in [-0.3, -0.25) is 9.59 Å². The lowest BCUT2D eigenvalue weighted by molar-refractivity contribution is -0.137. The van der Waals surface area contributed by atoms with Crippen LogP contribution < -0.4 is 14.9 Å². The van der Waals surface area contributed by atoms with Gasteiger partial charge in [-0.2, -0.15) is 0 Å². The first kappa shape index (κ1) is 18.8. The SMILES string of the molecule is COc1cc(OC)c2c(=O)cc(CC(O)CCCCC(=O)O)oc2c1. The molecular formula is C18H22O7. The molecule has 0 aliphatic rings. The predicted molar refractivity (Wildman–Crippen MR) is 91.4 cm³/mol. The quantitative estimate of drug-likeness (QED) is 0.669. The molecule has 1 unspecified atom stereocenters. The first-order valence-corrected chi connectivity index (χ1v) is 8.03. The maximum absolute atomic E-state index is 12.4. The molecule has 136 valence electrons. The number of carboxylic acids is 1. The van der Waals surface area contributed by atoms with Gasteiger partial charge in [-0.25, -0.2) is 0 Å². The fraction of sp³-hybridized carbons (Fsp3) is 0.444. The van der Waals surface area contributed by atoms with Crippen LogP contribution in [0.15, 0.2) is 27.4 Å². The lowest BCUT2D eigenvalue weighted by Crippen LogP contribution is -2.13. The average molecular weight is 350 g/mol. The Balaban J connectivity index is 2.16. The van der Waals surface area contributed by atoms with Gasteiger partial charge in [-0.15, -0.1) is 0 Å². The molecule has 0 aliphatic heterocycles. The summed E-state index contributed by atoms with van der Waals surface area (Å²) in [5, 5.41) is 19.0. The highest BCUT2D eigenvalue weighted by Gasteiger charge is 2.15. The Kier molecular flexibility index (Phi) is 6.41. The number of unbranched alkanes of at least 4 members (excludes halogenated alkanes) is 1. The van der Waals surface area contributed by atoms with Crippen molar-refractivity contribution < 1.29 is 28.9 Å². The Morgan fingerprint density at radius 3 is 2.60 bits per heavy atom. The maximum atomic E-state index is 12.4. The monoisotopic (exact) mass is 350 g/mol. The van der Waals surface area contributed by atoms with E-state index < -0.39 is 12.1 Å². The minimum atomic E-state index is -0.849. The number of hydrogen-bond acceptors (Lipinski definition) is 6. The topological polar surface area (TPSA) is 106 Å². The van der Waals surface area contributed by atoms with Gasteiger partial charge in [-0.1, -0.05) is 6.42 Å². The van der Waals surface area contributed by atoms with Gasteiger partial charge in [0.2, 0.25) is 0 Å². The largest absolute Gasteiger partial charge is 0.496 e. The highest BCUT2D eigenvalue weighted by molar-refractivity contribution is 5.85. The van der Waals surface area contributed by atoms with E-state index in [1.807, 2.05) is 0 Å². The summed E-state index contributed by atoms with van der Waals surface area (Å²) in [5.41, 5.74) is 0.0746. The Hall–Kier alpha value is -2.54. The first-order valence-electron chi connectivity index (χ1n) is 8.03. The van der Waals surface area contributed by atoms with E-state index in [1.54, 1.807) is 12.1 Å². The fourth-order valence-corrected chi connectivity index (χ4v) is 2.65. The van der Waals surface area contributed by atoms with Gasteiger partial charge in [0.1, 0.15) is 28.2 Å². The number of ether oxygens (including phenoxy) is 2. The highest BCUT2D eigenvalue weighted by atomic mass is 16.5. The van der Waals surface area contributed by atoms with Gasteiger partial charge in [0.25, 0.3) is 0 Å². The number of carbonyl (C=O) groups is 1. The second-order valence-corrected chi connectivity index (χ2v) is 5.78. The van der Waals surface area contributed by atoms with Crippen LogP contribution >= 0.6 is 0 Å². The molecule has 1 aromatic carbocycles. The van der Waals surface area contributed by atoms with Crippen molar-refractivity contribution in [3.8, 4) is 11.5 Å². The van der Waals surface area contributed by atoms with Crippen molar-refractivity contribution in [2.45, 2.75) is 38.2 Å². The van der Waals surface area contributed by atoms with Crippen LogP contribution in [0, 0.1) is 0 Å². The number of aliphatic carboxylic acids is 1. The smallest absolute Gasteiger partial charge is 0.303 e. The Morgan fingerprint density at radius 1 is 1.20 bits per heavy atom. The summed E-state index contributed by atoms with van der Waals surface area (Å²) in [4.78, 5) is 22.8. The Bertz CT molecular complexity index is 794. The normalized spacial score (nSPS) is 12.1. The van der Waals surface area contributed by atoms with Crippen molar-refractivity contribution in [3.63, 3.8) is 0 Å². The van der Waals surface area contributed by atoms with Gasteiger partial charge in [0, 0.05) is 31.0 Å². The van der Waals surface area contributed by atoms with Gasteiger partial charge < -0.3 is 24.1 Å². The molecule has 0 amide bonds. The molecule has 7 nitrogen and oxygen atoms in total. The third-order valence-electron chi connectivity index (χ3n) is 3.89. The van der Waals surface area contributed by atoms with Crippen LogP contribution in [-0.4, -0.2) is 36.5 Å². The maximum Gasteiger partial charge on any atom is 0.303 e. The van der Waals surface area contributed by atoms with E-state index in [1.165, 1.54) is 20.3 Å². The van der Waals surface area contributed by atoms with Crippen molar-refractivity contribution in [2.24, 2.45) is 0 Å².